The van der Waals surface area contributed by atoms with Gasteiger partial charge in [0.1, 0.15) is 47.8 Å². The fourth-order valence-electron chi connectivity index (χ4n) is 9.45. The molecule has 14 heteroatoms. The van der Waals surface area contributed by atoms with E-state index in [4.69, 9.17) is 19.3 Å². The number of thioether (sulfide) groups is 1. The van der Waals surface area contributed by atoms with E-state index in [9.17, 15) is 14.4 Å². The smallest absolute Gasteiger partial charge is 0.355 e. The summed E-state index contributed by atoms with van der Waals surface area (Å²) in [5, 5.41) is 15.7. The van der Waals surface area contributed by atoms with Crippen LogP contribution in [0.1, 0.15) is 27.9 Å². The lowest BCUT2D eigenvalue weighted by atomic mass is 9.77. The Morgan fingerprint density at radius 2 is 1.21 bits per heavy atom. The summed E-state index contributed by atoms with van der Waals surface area (Å²) >= 11 is 2.78. The van der Waals surface area contributed by atoms with Crippen LogP contribution < -0.4 is 31.3 Å². The zero-order valence-corrected chi connectivity index (χ0v) is 42.4. The standard InChI is InChI=1S/C59H50N5O6PS2/c1-68-46-35-33-41(34-36-46)37-70-57(67)53-42(38-71(47-27-15-6-16-28-47,48-29-17-7-18-30-48)49-31-19-8-20-32-49)39-72-56-52(55(66)64(53)56)61-54(65)51(63-69-2)50-40-73-58(60-50)62-59(43-21-9-3-10-22-43,44-23-11-4-12-24-44)45-25-13-5-14-26-45/h3-36,38,40,52,56H,37,39H2,1-2H3,(H,60,62)(H,61,65)/b63-51-/t52?,56-/m1/s1. The molecule has 364 valence electrons. The predicted molar refractivity (Wildman–Crippen MR) is 295 cm³/mol. The van der Waals surface area contributed by atoms with Gasteiger partial charge in [-0.1, -0.05) is 199 Å². The molecule has 1 unspecified atom stereocenters. The summed E-state index contributed by atoms with van der Waals surface area (Å²) < 4.78 is 11.4. The van der Waals surface area contributed by atoms with Crippen molar-refractivity contribution in [3.8, 4) is 5.75 Å². The van der Waals surface area contributed by atoms with Crippen molar-refractivity contribution in [2.24, 2.45) is 5.16 Å². The van der Waals surface area contributed by atoms with E-state index in [0.29, 0.717) is 22.2 Å². The molecule has 2 aliphatic rings. The molecule has 1 aromatic heterocycles. The molecule has 0 radical (unpaired) electrons. The largest absolute Gasteiger partial charge is 0.497 e. The Kier molecular flexibility index (Phi) is 14.5. The zero-order chi connectivity index (χ0) is 50.2. The summed E-state index contributed by atoms with van der Waals surface area (Å²) in [6, 6.07) is 67.5. The van der Waals surface area contributed by atoms with Crippen LogP contribution in [0.5, 0.6) is 5.75 Å². The number of hydrogen-bond acceptors (Lipinski definition) is 11. The number of fused-ring (bicyclic) bond motifs is 1. The van der Waals surface area contributed by atoms with Crippen molar-refractivity contribution in [2.45, 2.75) is 23.6 Å². The number of ether oxygens (including phenoxy) is 2. The maximum absolute atomic E-state index is 14.8. The third kappa shape index (κ3) is 9.62. The Labute approximate surface area is 432 Å². The summed E-state index contributed by atoms with van der Waals surface area (Å²) in [5.74, 6) is 1.44. The Bertz CT molecular complexity index is 3140. The lowest BCUT2D eigenvalue weighted by Gasteiger charge is -2.49. The van der Waals surface area contributed by atoms with Gasteiger partial charge in [-0.15, -0.1) is 23.1 Å². The molecule has 1 fully saturated rings. The van der Waals surface area contributed by atoms with E-state index >= 15 is 0 Å². The number of methoxy groups -OCH3 is 1. The molecule has 1 saturated heterocycles. The van der Waals surface area contributed by atoms with Crippen LogP contribution in [0.3, 0.4) is 0 Å². The Morgan fingerprint density at radius 3 is 1.68 bits per heavy atom. The van der Waals surface area contributed by atoms with Crippen molar-refractivity contribution in [3.63, 3.8) is 0 Å². The third-order valence-corrected chi connectivity index (χ3v) is 19.0. The number of oxime groups is 1. The SMILES string of the molecule is CO/N=C(\C(=O)NC1C(=O)N2C(C(=O)OCc3ccc(OC)cc3)=C(C=P(c3ccccc3)(c3ccccc3)c3ccccc3)CS[C@H]12)c1csc(NC(c2ccccc2)(c2ccccc2)c2ccccc2)n1. The van der Waals surface area contributed by atoms with Crippen molar-refractivity contribution < 1.29 is 28.7 Å². The first kappa shape index (κ1) is 48.7. The predicted octanol–water partition coefficient (Wildman–Crippen LogP) is 9.10. The number of nitrogens with zero attached hydrogens (tertiary/aromatic N) is 3. The molecule has 8 aromatic rings. The minimum atomic E-state index is -2.65. The summed E-state index contributed by atoms with van der Waals surface area (Å²) in [6.45, 7) is -2.69. The normalized spacial score (nSPS) is 15.6. The van der Waals surface area contributed by atoms with Crippen LogP contribution in [0, 0.1) is 0 Å². The number of benzene rings is 7. The molecule has 0 aliphatic carbocycles. The van der Waals surface area contributed by atoms with Crippen molar-refractivity contribution in [2.75, 3.05) is 25.3 Å². The van der Waals surface area contributed by atoms with Crippen molar-refractivity contribution in [3.05, 3.63) is 251 Å². The molecule has 2 N–H and O–H groups in total. The monoisotopic (exact) mass is 1020 g/mol. The van der Waals surface area contributed by atoms with Crippen molar-refractivity contribution >= 4 is 80.3 Å². The first-order valence-electron chi connectivity index (χ1n) is 23.6. The molecule has 3 heterocycles. The number of anilines is 1. The minimum Gasteiger partial charge on any atom is -0.497 e. The molecule has 2 atom stereocenters. The van der Waals surface area contributed by atoms with E-state index in [1.165, 1.54) is 35.1 Å². The second-order valence-electron chi connectivity index (χ2n) is 17.2. The van der Waals surface area contributed by atoms with Gasteiger partial charge < -0.3 is 24.9 Å². The van der Waals surface area contributed by atoms with Crippen LogP contribution in [0.2, 0.25) is 0 Å². The highest BCUT2D eigenvalue weighted by Gasteiger charge is 2.55. The molecule has 2 aliphatic heterocycles. The molecule has 73 heavy (non-hydrogen) atoms. The van der Waals surface area contributed by atoms with Crippen LogP contribution in [0.25, 0.3) is 0 Å². The van der Waals surface area contributed by atoms with E-state index in [1.54, 1.807) is 24.6 Å². The first-order valence-corrected chi connectivity index (χ1v) is 27.3. The van der Waals surface area contributed by atoms with E-state index < -0.39 is 41.6 Å². The van der Waals surface area contributed by atoms with Crippen molar-refractivity contribution in [1.29, 1.82) is 0 Å². The van der Waals surface area contributed by atoms with Crippen LogP contribution >= 0.6 is 30.0 Å². The summed E-state index contributed by atoms with van der Waals surface area (Å²) in [4.78, 5) is 55.6. The number of hydrogen-bond donors (Lipinski definition) is 2. The van der Waals surface area contributed by atoms with E-state index in [-0.39, 0.29) is 23.7 Å². The number of β-lactam (4-membered cyclic amide) rings is 1. The Hall–Kier alpha value is -7.96. The number of amides is 2. The molecule has 10 rings (SSSR count). The first-order chi connectivity index (χ1) is 35.8. The molecule has 0 bridgehead atoms. The molecule has 7 aromatic carbocycles. The van der Waals surface area contributed by atoms with Gasteiger partial charge in [-0.25, -0.2) is 9.78 Å². The number of nitrogens with one attached hydrogen (secondary N) is 2. The average molecular weight is 1020 g/mol. The lowest BCUT2D eigenvalue weighted by Crippen LogP contribution is -2.71. The summed E-state index contributed by atoms with van der Waals surface area (Å²) in [7, 11) is 2.94. The van der Waals surface area contributed by atoms with Crippen LogP contribution in [0.4, 0.5) is 5.13 Å². The van der Waals surface area contributed by atoms with Crippen LogP contribution in [0.15, 0.2) is 228 Å². The molecule has 11 nitrogen and oxygen atoms in total. The van der Waals surface area contributed by atoms with Crippen LogP contribution in [-0.2, 0) is 36.1 Å². The van der Waals surface area contributed by atoms with Gasteiger partial charge in [0.2, 0.25) is 0 Å². The minimum absolute atomic E-state index is 0.0412. The van der Waals surface area contributed by atoms with Gasteiger partial charge >= 0.3 is 5.97 Å². The van der Waals surface area contributed by atoms with Crippen molar-refractivity contribution in [1.82, 2.24) is 15.2 Å². The molecule has 0 spiro atoms. The fraction of sp³-hybridized carbons (Fsp3) is 0.119. The van der Waals surface area contributed by atoms with Gasteiger partial charge in [0.05, 0.1) is 7.11 Å². The second kappa shape index (κ2) is 21.8. The number of thiazole rings is 1. The number of carbonyl (C=O) groups excluding carboxylic acids is 3. The molecule has 0 saturated carbocycles. The van der Waals surface area contributed by atoms with Crippen LogP contribution in [-0.4, -0.2) is 70.6 Å². The third-order valence-electron chi connectivity index (χ3n) is 12.9. The molecular weight excluding hydrogens is 970 g/mol. The highest BCUT2D eigenvalue weighted by atomic mass is 32.2. The summed E-state index contributed by atoms with van der Waals surface area (Å²) in [5.41, 5.74) is 3.75. The average Bonchev–Trinajstić information content (AvgIpc) is 3.93. The Morgan fingerprint density at radius 1 is 0.712 bits per heavy atom. The van der Waals surface area contributed by atoms with E-state index in [1.807, 2.05) is 121 Å². The van der Waals surface area contributed by atoms with E-state index in [0.717, 1.165) is 38.2 Å². The quantitative estimate of drug-likeness (QED) is 0.0229. The number of esters is 1. The molecule has 2 amide bonds. The van der Waals surface area contributed by atoms with Gasteiger partial charge in [0, 0.05) is 11.1 Å². The lowest BCUT2D eigenvalue weighted by molar-refractivity contribution is -0.153. The maximum atomic E-state index is 14.8. The van der Waals surface area contributed by atoms with Gasteiger partial charge in [-0.3, -0.25) is 14.5 Å². The van der Waals surface area contributed by atoms with Gasteiger partial charge in [-0.05, 0) is 68.6 Å². The van der Waals surface area contributed by atoms with E-state index in [2.05, 4.69) is 94.4 Å². The highest BCUT2D eigenvalue weighted by Crippen LogP contribution is 2.48. The topological polar surface area (TPSA) is 131 Å². The highest BCUT2D eigenvalue weighted by molar-refractivity contribution is 8.00. The fourth-order valence-corrected chi connectivity index (χ4v) is 15.6. The number of aromatic nitrogens is 1. The maximum Gasteiger partial charge on any atom is 0.355 e. The van der Waals surface area contributed by atoms with Gasteiger partial charge in [0.25, 0.3) is 11.8 Å². The van der Waals surface area contributed by atoms with Gasteiger partial charge in [-0.2, -0.15) is 0 Å². The number of rotatable bonds is 17. The molecular formula is C59H50N5O6PS2. The second-order valence-corrected chi connectivity index (χ2v) is 22.4. The van der Waals surface area contributed by atoms with Gasteiger partial charge in [0.15, 0.2) is 10.8 Å². The Balaban J connectivity index is 0.992. The number of carbonyl (C=O) groups is 3. The summed E-state index contributed by atoms with van der Waals surface area (Å²) in [6.07, 6.45) is 0. The zero-order valence-electron chi connectivity index (χ0n) is 39.9.